The number of piperidine rings is 1. The van der Waals surface area contributed by atoms with Gasteiger partial charge in [0.25, 0.3) is 5.91 Å². The van der Waals surface area contributed by atoms with Crippen molar-refractivity contribution in [1.82, 2.24) is 4.90 Å². The summed E-state index contributed by atoms with van der Waals surface area (Å²) in [5.41, 5.74) is 0.711. The number of carbonyl (C=O) groups is 1. The molecule has 1 aliphatic heterocycles. The highest BCUT2D eigenvalue weighted by Crippen LogP contribution is 2.15. The number of ether oxygens (including phenoxy) is 1. The average molecular weight is 261 g/mol. The molecule has 19 heavy (non-hydrogen) atoms. The zero-order valence-electron chi connectivity index (χ0n) is 10.6. The third-order valence-corrected chi connectivity index (χ3v) is 3.14. The van der Waals surface area contributed by atoms with E-state index in [4.69, 9.17) is 11.2 Å². The van der Waals surface area contributed by atoms with Gasteiger partial charge in [-0.05, 0) is 31.0 Å². The number of halogens is 1. The van der Waals surface area contributed by atoms with E-state index in [1.807, 2.05) is 0 Å². The lowest BCUT2D eigenvalue weighted by atomic mass is 10.1. The normalized spacial score (nSPS) is 15.9. The molecule has 1 saturated heterocycles. The van der Waals surface area contributed by atoms with Crippen LogP contribution in [0, 0.1) is 12.3 Å². The summed E-state index contributed by atoms with van der Waals surface area (Å²) in [6, 6.07) is 7.04. The quantitative estimate of drug-likeness (QED) is 0.779. The molecule has 0 N–H and O–H groups in total. The van der Waals surface area contributed by atoms with E-state index in [0.29, 0.717) is 37.2 Å². The molecule has 0 bridgehead atoms. The number of hydrogen-bond donors (Lipinski definition) is 0. The molecule has 1 aromatic rings. The third kappa shape index (κ3) is 3.72. The number of carbonyl (C=O) groups excluding carboxylic acids is 1. The Labute approximate surface area is 112 Å². The summed E-state index contributed by atoms with van der Waals surface area (Å²) in [6.45, 7) is 0.895. The second-order valence-electron chi connectivity index (χ2n) is 4.52. The summed E-state index contributed by atoms with van der Waals surface area (Å²) >= 11 is 0. The van der Waals surface area contributed by atoms with Gasteiger partial charge >= 0.3 is 0 Å². The molecule has 1 aliphatic rings. The first kappa shape index (κ1) is 13.4. The highest BCUT2D eigenvalue weighted by molar-refractivity contribution is 5.77. The van der Waals surface area contributed by atoms with Crippen molar-refractivity contribution in [2.24, 2.45) is 0 Å². The number of likely N-dealkylation sites (tertiary alicyclic amines) is 1. The molecule has 1 heterocycles. The predicted octanol–water partition coefficient (Wildman–Crippen LogP) is 2.01. The van der Waals surface area contributed by atoms with Crippen molar-refractivity contribution in [2.75, 3.05) is 19.7 Å². The first-order valence-electron chi connectivity index (χ1n) is 6.30. The van der Waals surface area contributed by atoms with Gasteiger partial charge < -0.3 is 9.64 Å². The van der Waals surface area contributed by atoms with Gasteiger partial charge in [0.1, 0.15) is 11.9 Å². The molecule has 0 aromatic heterocycles. The molecular formula is C15H16FNO2. The molecule has 1 aromatic carbocycles. The molecule has 0 radical (unpaired) electrons. The molecule has 0 spiro atoms. The van der Waals surface area contributed by atoms with Crippen molar-refractivity contribution in [3.05, 3.63) is 29.8 Å². The number of hydrogen-bond acceptors (Lipinski definition) is 2. The summed E-state index contributed by atoms with van der Waals surface area (Å²) in [4.78, 5) is 13.5. The van der Waals surface area contributed by atoms with Crippen LogP contribution in [0.2, 0.25) is 0 Å². The molecule has 0 unspecified atom stereocenters. The molecular weight excluding hydrogens is 245 g/mol. The zero-order valence-corrected chi connectivity index (χ0v) is 10.6. The molecule has 100 valence electrons. The minimum Gasteiger partial charge on any atom is -0.484 e. The largest absolute Gasteiger partial charge is 0.484 e. The number of terminal acetylenes is 1. The molecule has 3 nitrogen and oxygen atoms in total. The second-order valence-corrected chi connectivity index (χ2v) is 4.52. The van der Waals surface area contributed by atoms with Crippen molar-refractivity contribution in [2.45, 2.75) is 19.0 Å². The molecule has 0 saturated carbocycles. The molecule has 1 fully saturated rings. The van der Waals surface area contributed by atoms with E-state index in [1.54, 1.807) is 29.2 Å². The highest BCUT2D eigenvalue weighted by Gasteiger charge is 2.22. The van der Waals surface area contributed by atoms with Crippen LogP contribution < -0.4 is 4.74 Å². The maximum absolute atomic E-state index is 13.0. The second kappa shape index (κ2) is 6.24. The van der Waals surface area contributed by atoms with Gasteiger partial charge in [-0.15, -0.1) is 6.42 Å². The van der Waals surface area contributed by atoms with Crippen molar-refractivity contribution < 1.29 is 13.9 Å². The summed E-state index contributed by atoms with van der Waals surface area (Å²) in [5, 5.41) is 0. The molecule has 2 rings (SSSR count). The fourth-order valence-electron chi connectivity index (χ4n) is 2.01. The van der Waals surface area contributed by atoms with E-state index >= 15 is 0 Å². The fraction of sp³-hybridized carbons (Fsp3) is 0.400. The number of benzene rings is 1. The smallest absolute Gasteiger partial charge is 0.260 e. The average Bonchev–Trinajstić information content (AvgIpc) is 2.46. The first-order valence-corrected chi connectivity index (χ1v) is 6.30. The maximum Gasteiger partial charge on any atom is 0.260 e. The summed E-state index contributed by atoms with van der Waals surface area (Å²) in [7, 11) is 0. The van der Waals surface area contributed by atoms with Crippen LogP contribution in [0.25, 0.3) is 0 Å². The van der Waals surface area contributed by atoms with E-state index in [-0.39, 0.29) is 12.5 Å². The van der Waals surface area contributed by atoms with Gasteiger partial charge in [0.05, 0.1) is 0 Å². The highest BCUT2D eigenvalue weighted by atomic mass is 19.1. The number of nitrogens with zero attached hydrogens (tertiary/aromatic N) is 1. The Hall–Kier alpha value is -2.02. The Morgan fingerprint density at radius 2 is 2.21 bits per heavy atom. The van der Waals surface area contributed by atoms with Gasteiger partial charge in [0.15, 0.2) is 6.61 Å². The SMILES string of the molecule is C#Cc1cccc(OCC(=O)N2CCC(F)CC2)c1. The van der Waals surface area contributed by atoms with Crippen LogP contribution in [0.15, 0.2) is 24.3 Å². The van der Waals surface area contributed by atoms with Gasteiger partial charge in [0.2, 0.25) is 0 Å². The van der Waals surface area contributed by atoms with E-state index in [9.17, 15) is 9.18 Å². The van der Waals surface area contributed by atoms with Crippen molar-refractivity contribution in [3.8, 4) is 18.1 Å². The van der Waals surface area contributed by atoms with E-state index in [1.165, 1.54) is 0 Å². The summed E-state index contributed by atoms with van der Waals surface area (Å²) < 4.78 is 18.4. The molecule has 1 amide bonds. The van der Waals surface area contributed by atoms with Crippen LogP contribution in [0.1, 0.15) is 18.4 Å². The minimum absolute atomic E-state index is 0.0367. The Balaban J connectivity index is 1.84. The standard InChI is InChI=1S/C15H16FNO2/c1-2-12-4-3-5-14(10-12)19-11-15(18)17-8-6-13(16)7-9-17/h1,3-5,10,13H,6-9,11H2. The lowest BCUT2D eigenvalue weighted by Gasteiger charge is -2.28. The lowest BCUT2D eigenvalue weighted by Crippen LogP contribution is -2.41. The van der Waals surface area contributed by atoms with E-state index in [2.05, 4.69) is 5.92 Å². The van der Waals surface area contributed by atoms with Crippen LogP contribution in [-0.2, 0) is 4.79 Å². The Morgan fingerprint density at radius 3 is 2.89 bits per heavy atom. The van der Waals surface area contributed by atoms with Crippen LogP contribution >= 0.6 is 0 Å². The molecule has 0 atom stereocenters. The number of alkyl halides is 1. The van der Waals surface area contributed by atoms with Crippen molar-refractivity contribution in [3.63, 3.8) is 0 Å². The van der Waals surface area contributed by atoms with Gasteiger partial charge in [0, 0.05) is 18.7 Å². The van der Waals surface area contributed by atoms with Gasteiger partial charge in [-0.25, -0.2) is 4.39 Å². The molecule has 4 heteroatoms. The van der Waals surface area contributed by atoms with Crippen molar-refractivity contribution >= 4 is 5.91 Å². The third-order valence-electron chi connectivity index (χ3n) is 3.14. The van der Waals surface area contributed by atoms with Crippen molar-refractivity contribution in [1.29, 1.82) is 0 Å². The minimum atomic E-state index is -0.780. The van der Waals surface area contributed by atoms with Crippen LogP contribution in [0.5, 0.6) is 5.75 Å². The van der Waals surface area contributed by atoms with Crippen LogP contribution in [-0.4, -0.2) is 36.7 Å². The van der Waals surface area contributed by atoms with E-state index < -0.39 is 6.17 Å². The summed E-state index contributed by atoms with van der Waals surface area (Å²) in [5.74, 6) is 2.97. The fourth-order valence-corrected chi connectivity index (χ4v) is 2.01. The van der Waals surface area contributed by atoms with Gasteiger partial charge in [-0.3, -0.25) is 4.79 Å². The van der Waals surface area contributed by atoms with Crippen LogP contribution in [0.4, 0.5) is 4.39 Å². The van der Waals surface area contributed by atoms with Crippen LogP contribution in [0.3, 0.4) is 0 Å². The molecule has 0 aliphatic carbocycles. The maximum atomic E-state index is 13.0. The van der Waals surface area contributed by atoms with E-state index in [0.717, 1.165) is 0 Å². The Kier molecular flexibility index (Phi) is 4.40. The first-order chi connectivity index (χ1) is 9.19. The number of rotatable bonds is 3. The monoisotopic (exact) mass is 261 g/mol. The topological polar surface area (TPSA) is 29.5 Å². The lowest BCUT2D eigenvalue weighted by molar-refractivity contribution is -0.134. The van der Waals surface area contributed by atoms with Gasteiger partial charge in [-0.1, -0.05) is 12.0 Å². The Morgan fingerprint density at radius 1 is 1.47 bits per heavy atom. The number of amides is 1. The zero-order chi connectivity index (χ0) is 13.7. The van der Waals surface area contributed by atoms with Gasteiger partial charge in [-0.2, -0.15) is 0 Å². The predicted molar refractivity (Wildman–Crippen MR) is 70.6 cm³/mol. The Bertz CT molecular complexity index is 487. The summed E-state index contributed by atoms with van der Waals surface area (Å²) in [6.07, 6.45) is 5.34.